The predicted molar refractivity (Wildman–Crippen MR) is 75.6 cm³/mol. The zero-order chi connectivity index (χ0) is 15.4. The molecule has 1 heterocycles. The number of hydrogen-bond acceptors (Lipinski definition) is 4. The molecule has 0 fully saturated rings. The van der Waals surface area contributed by atoms with Crippen molar-refractivity contribution in [3.05, 3.63) is 36.2 Å². The van der Waals surface area contributed by atoms with Crippen molar-refractivity contribution in [3.63, 3.8) is 0 Å². The lowest BCUT2D eigenvalue weighted by Crippen LogP contribution is -2.19. The van der Waals surface area contributed by atoms with E-state index in [1.807, 2.05) is 6.92 Å². The number of carbonyl (C=O) groups excluding carboxylic acids is 1. The molecule has 1 aromatic carbocycles. The monoisotopic (exact) mass is 290 g/mol. The van der Waals surface area contributed by atoms with Crippen molar-refractivity contribution in [1.82, 2.24) is 9.78 Å². The van der Waals surface area contributed by atoms with Crippen molar-refractivity contribution >= 4 is 23.4 Å². The number of nitrogens with one attached hydrogen (secondary N) is 2. The summed E-state index contributed by atoms with van der Waals surface area (Å²) in [5.74, 6) is -1.77. The number of benzene rings is 1. The van der Waals surface area contributed by atoms with Crippen molar-refractivity contribution < 1.29 is 19.8 Å². The molecule has 0 saturated carbocycles. The fraction of sp³-hybridized carbons (Fsp3) is 0.154. The molecular weight excluding hydrogens is 276 g/mol. The summed E-state index contributed by atoms with van der Waals surface area (Å²) in [5, 5.41) is 27.6. The maximum absolute atomic E-state index is 11.8. The van der Waals surface area contributed by atoms with Gasteiger partial charge in [-0.3, -0.25) is 4.68 Å². The van der Waals surface area contributed by atoms with E-state index in [1.165, 1.54) is 24.4 Å². The topological polar surface area (TPSA) is 116 Å². The summed E-state index contributed by atoms with van der Waals surface area (Å²) < 4.78 is 1.64. The van der Waals surface area contributed by atoms with Crippen molar-refractivity contribution in [2.75, 3.05) is 10.6 Å². The van der Waals surface area contributed by atoms with Crippen LogP contribution >= 0.6 is 0 Å². The lowest BCUT2D eigenvalue weighted by molar-refractivity contribution is 0.0694. The van der Waals surface area contributed by atoms with Gasteiger partial charge in [0, 0.05) is 12.7 Å². The molecule has 2 amide bonds. The highest BCUT2D eigenvalue weighted by Crippen LogP contribution is 2.27. The third-order valence-corrected chi connectivity index (χ3v) is 2.73. The van der Waals surface area contributed by atoms with Gasteiger partial charge in [-0.05, 0) is 19.1 Å². The molecule has 0 atom stereocenters. The maximum atomic E-state index is 11.8. The number of rotatable bonds is 4. The number of phenols is 1. The Hall–Kier alpha value is -3.03. The van der Waals surface area contributed by atoms with Crippen molar-refractivity contribution in [2.24, 2.45) is 0 Å². The smallest absolute Gasteiger partial charge is 0.339 e. The normalized spacial score (nSPS) is 10.1. The van der Waals surface area contributed by atoms with E-state index in [2.05, 4.69) is 15.7 Å². The number of aromatic hydroxyl groups is 1. The third-order valence-electron chi connectivity index (χ3n) is 2.73. The highest BCUT2D eigenvalue weighted by atomic mass is 16.4. The Labute approximate surface area is 120 Å². The number of aryl methyl sites for hydroxylation is 1. The molecule has 0 aliphatic rings. The Morgan fingerprint density at radius 2 is 2.10 bits per heavy atom. The van der Waals surface area contributed by atoms with Gasteiger partial charge in [-0.15, -0.1) is 0 Å². The summed E-state index contributed by atoms with van der Waals surface area (Å²) >= 11 is 0. The van der Waals surface area contributed by atoms with Gasteiger partial charge >= 0.3 is 12.0 Å². The van der Waals surface area contributed by atoms with Gasteiger partial charge < -0.3 is 20.8 Å². The second-order valence-corrected chi connectivity index (χ2v) is 4.17. The third kappa shape index (κ3) is 3.30. The number of carbonyl (C=O) groups is 2. The SMILES string of the molecule is CCn1cc(NC(=O)Nc2cccc(C(=O)O)c2O)cn1. The molecule has 4 N–H and O–H groups in total. The molecule has 8 heteroatoms. The molecule has 110 valence electrons. The van der Waals surface area contributed by atoms with Gasteiger partial charge in [0.25, 0.3) is 0 Å². The first kappa shape index (κ1) is 14.4. The summed E-state index contributed by atoms with van der Waals surface area (Å²) in [6.45, 7) is 2.58. The van der Waals surface area contributed by atoms with Crippen LogP contribution in [-0.2, 0) is 6.54 Å². The first-order valence-electron chi connectivity index (χ1n) is 6.17. The lowest BCUT2D eigenvalue weighted by atomic mass is 10.2. The average molecular weight is 290 g/mol. The number of carboxylic acids is 1. The van der Waals surface area contributed by atoms with Gasteiger partial charge in [-0.1, -0.05) is 6.07 Å². The van der Waals surface area contributed by atoms with Crippen LogP contribution in [0.4, 0.5) is 16.2 Å². The van der Waals surface area contributed by atoms with E-state index in [4.69, 9.17) is 5.11 Å². The first-order chi connectivity index (χ1) is 10.0. The van der Waals surface area contributed by atoms with E-state index < -0.39 is 17.7 Å². The Morgan fingerprint density at radius 3 is 2.71 bits per heavy atom. The molecule has 0 spiro atoms. The molecule has 0 aliphatic heterocycles. The Morgan fingerprint density at radius 1 is 1.33 bits per heavy atom. The molecule has 0 radical (unpaired) electrons. The van der Waals surface area contributed by atoms with Crippen LogP contribution in [-0.4, -0.2) is 32.0 Å². The van der Waals surface area contributed by atoms with Crippen molar-refractivity contribution in [2.45, 2.75) is 13.5 Å². The standard InChI is InChI=1S/C13H14N4O4/c1-2-17-7-8(6-14-17)15-13(21)16-10-5-3-4-9(11(10)18)12(19)20/h3-7,18H,2H2,1H3,(H,19,20)(H2,15,16,21). The quantitative estimate of drug-likeness (QED) is 0.642. The maximum Gasteiger partial charge on any atom is 0.339 e. The van der Waals surface area contributed by atoms with Crippen LogP contribution in [0, 0.1) is 0 Å². The minimum Gasteiger partial charge on any atom is -0.505 e. The summed E-state index contributed by atoms with van der Waals surface area (Å²) in [6, 6.07) is 3.46. The highest BCUT2D eigenvalue weighted by molar-refractivity contribution is 6.02. The minimum absolute atomic E-state index is 0.00952. The number of nitrogens with zero attached hydrogens (tertiary/aromatic N) is 2. The van der Waals surface area contributed by atoms with Gasteiger partial charge in [-0.25, -0.2) is 9.59 Å². The molecule has 0 aliphatic carbocycles. The number of amides is 2. The number of aromatic carboxylic acids is 1. The number of carboxylic acid groups (broad SMARTS) is 1. The number of anilines is 2. The molecule has 2 rings (SSSR count). The van der Waals surface area contributed by atoms with E-state index >= 15 is 0 Å². The second kappa shape index (κ2) is 5.95. The van der Waals surface area contributed by atoms with Crippen LogP contribution in [0.15, 0.2) is 30.6 Å². The molecular formula is C13H14N4O4. The summed E-state index contributed by atoms with van der Waals surface area (Å²) in [4.78, 5) is 22.7. The minimum atomic E-state index is -1.28. The highest BCUT2D eigenvalue weighted by Gasteiger charge is 2.14. The largest absolute Gasteiger partial charge is 0.505 e. The van der Waals surface area contributed by atoms with Crippen LogP contribution in [0.1, 0.15) is 17.3 Å². The van der Waals surface area contributed by atoms with Gasteiger partial charge in [0.1, 0.15) is 5.56 Å². The molecule has 2 aromatic rings. The molecule has 8 nitrogen and oxygen atoms in total. The average Bonchev–Trinajstić information content (AvgIpc) is 2.88. The number of para-hydroxylation sites is 1. The number of aromatic nitrogens is 2. The Balaban J connectivity index is 2.09. The van der Waals surface area contributed by atoms with E-state index in [-0.39, 0.29) is 11.3 Å². The van der Waals surface area contributed by atoms with Gasteiger partial charge in [0.2, 0.25) is 0 Å². The zero-order valence-corrected chi connectivity index (χ0v) is 11.2. The van der Waals surface area contributed by atoms with E-state index in [0.717, 1.165) is 0 Å². The van der Waals surface area contributed by atoms with Crippen LogP contribution in [0.25, 0.3) is 0 Å². The van der Waals surface area contributed by atoms with Crippen molar-refractivity contribution in [3.8, 4) is 5.75 Å². The summed E-state index contributed by atoms with van der Waals surface area (Å²) in [6.07, 6.45) is 3.13. The van der Waals surface area contributed by atoms with E-state index in [1.54, 1.807) is 10.9 Å². The van der Waals surface area contributed by atoms with Gasteiger partial charge in [0.15, 0.2) is 5.75 Å². The lowest BCUT2D eigenvalue weighted by Gasteiger charge is -2.09. The fourth-order valence-corrected chi connectivity index (χ4v) is 1.70. The predicted octanol–water partition coefficient (Wildman–Crippen LogP) is 1.95. The number of hydrogen-bond donors (Lipinski definition) is 4. The van der Waals surface area contributed by atoms with E-state index in [9.17, 15) is 14.7 Å². The first-order valence-corrected chi connectivity index (χ1v) is 6.17. The van der Waals surface area contributed by atoms with Crippen LogP contribution in [0.3, 0.4) is 0 Å². The summed E-state index contributed by atoms with van der Waals surface area (Å²) in [5.41, 5.74) is 0.213. The van der Waals surface area contributed by atoms with Crippen LogP contribution < -0.4 is 10.6 Å². The fourth-order valence-electron chi connectivity index (χ4n) is 1.70. The Kier molecular flexibility index (Phi) is 4.07. The zero-order valence-electron chi connectivity index (χ0n) is 11.2. The van der Waals surface area contributed by atoms with Gasteiger partial charge in [0.05, 0.1) is 17.6 Å². The molecule has 0 saturated heterocycles. The van der Waals surface area contributed by atoms with Crippen LogP contribution in [0.5, 0.6) is 5.75 Å². The van der Waals surface area contributed by atoms with Crippen LogP contribution in [0.2, 0.25) is 0 Å². The molecule has 1 aromatic heterocycles. The molecule has 21 heavy (non-hydrogen) atoms. The van der Waals surface area contributed by atoms with Gasteiger partial charge in [-0.2, -0.15) is 5.10 Å². The van der Waals surface area contributed by atoms with Crippen molar-refractivity contribution in [1.29, 1.82) is 0 Å². The second-order valence-electron chi connectivity index (χ2n) is 4.17. The summed E-state index contributed by atoms with van der Waals surface area (Å²) in [7, 11) is 0. The Bertz CT molecular complexity index is 681. The number of urea groups is 1. The molecule has 0 bridgehead atoms. The molecule has 0 unspecified atom stereocenters. The van der Waals surface area contributed by atoms with E-state index in [0.29, 0.717) is 12.2 Å².